The number of aliphatic hydroxyl groups excluding tert-OH is 1. The van der Waals surface area contributed by atoms with E-state index in [9.17, 15) is 4.79 Å². The van der Waals surface area contributed by atoms with Gasteiger partial charge in [-0.2, -0.15) is 0 Å². The van der Waals surface area contributed by atoms with E-state index in [1.54, 1.807) is 18.3 Å². The number of carbonyl (C=O) groups excluding carboxylic acids is 1. The summed E-state index contributed by atoms with van der Waals surface area (Å²) >= 11 is 0. The first kappa shape index (κ1) is 10.6. The van der Waals surface area contributed by atoms with Crippen molar-refractivity contribution in [2.75, 3.05) is 13.2 Å². The molecule has 0 aliphatic carbocycles. The van der Waals surface area contributed by atoms with Gasteiger partial charge in [0, 0.05) is 19.3 Å². The zero-order valence-electron chi connectivity index (χ0n) is 7.73. The van der Waals surface area contributed by atoms with E-state index < -0.39 is 0 Å². The molecule has 1 rings (SSSR count). The molecule has 0 unspecified atom stereocenters. The molecule has 5 nitrogen and oxygen atoms in total. The number of nitrogens with two attached hydrogens (primary N) is 1. The van der Waals surface area contributed by atoms with Crippen LogP contribution in [0.1, 0.15) is 16.1 Å². The summed E-state index contributed by atoms with van der Waals surface area (Å²) in [6.45, 7) is 0.567. The summed E-state index contributed by atoms with van der Waals surface area (Å²) in [5, 5.41) is 11.0. The largest absolute Gasteiger partial charge is 0.395 e. The molecule has 0 atom stereocenters. The van der Waals surface area contributed by atoms with E-state index in [4.69, 9.17) is 10.8 Å². The second-order valence-electron chi connectivity index (χ2n) is 2.74. The Morgan fingerprint density at radius 2 is 2.36 bits per heavy atom. The second kappa shape index (κ2) is 5.31. The third kappa shape index (κ3) is 2.79. The highest BCUT2D eigenvalue weighted by molar-refractivity contribution is 5.92. The van der Waals surface area contributed by atoms with Gasteiger partial charge in [0.25, 0.3) is 5.91 Å². The van der Waals surface area contributed by atoms with Gasteiger partial charge in [0.05, 0.1) is 6.61 Å². The molecular weight excluding hydrogens is 182 g/mol. The Labute approximate surface area is 82.0 Å². The van der Waals surface area contributed by atoms with Gasteiger partial charge in [-0.25, -0.2) is 0 Å². The summed E-state index contributed by atoms with van der Waals surface area (Å²) in [6.07, 6.45) is 1.56. The van der Waals surface area contributed by atoms with Gasteiger partial charge in [0.1, 0.15) is 5.69 Å². The van der Waals surface area contributed by atoms with Crippen molar-refractivity contribution in [3.05, 3.63) is 29.6 Å². The van der Waals surface area contributed by atoms with Crippen LogP contribution in [0.15, 0.2) is 18.3 Å². The Morgan fingerprint density at radius 1 is 1.57 bits per heavy atom. The number of nitrogens with one attached hydrogen (secondary N) is 1. The average molecular weight is 195 g/mol. The third-order valence-electron chi connectivity index (χ3n) is 1.69. The molecule has 0 saturated carbocycles. The lowest BCUT2D eigenvalue weighted by molar-refractivity contribution is 0.0940. The summed E-state index contributed by atoms with van der Waals surface area (Å²) in [4.78, 5) is 15.2. The van der Waals surface area contributed by atoms with Gasteiger partial charge in [-0.1, -0.05) is 6.07 Å². The molecule has 1 amide bonds. The van der Waals surface area contributed by atoms with Crippen LogP contribution < -0.4 is 11.1 Å². The minimum absolute atomic E-state index is 0.0768. The van der Waals surface area contributed by atoms with Crippen molar-refractivity contribution >= 4 is 5.91 Å². The number of aromatic nitrogens is 1. The summed E-state index contributed by atoms with van der Waals surface area (Å²) in [5.41, 5.74) is 6.59. The molecule has 0 bridgehead atoms. The van der Waals surface area contributed by atoms with Crippen LogP contribution in [0.2, 0.25) is 0 Å². The molecule has 5 heteroatoms. The Kier molecular flexibility index (Phi) is 4.03. The summed E-state index contributed by atoms with van der Waals surface area (Å²) in [7, 11) is 0. The topological polar surface area (TPSA) is 88.2 Å². The zero-order chi connectivity index (χ0) is 10.4. The fraction of sp³-hybridized carbons (Fsp3) is 0.333. The fourth-order valence-electron chi connectivity index (χ4n) is 0.940. The van der Waals surface area contributed by atoms with Crippen molar-refractivity contribution in [3.8, 4) is 0 Å². The molecule has 1 heterocycles. The molecular formula is C9H13N3O2. The molecule has 4 N–H and O–H groups in total. The Hall–Kier alpha value is -1.46. The van der Waals surface area contributed by atoms with E-state index >= 15 is 0 Å². The number of hydrogen-bond acceptors (Lipinski definition) is 4. The summed E-state index contributed by atoms with van der Waals surface area (Å²) < 4.78 is 0. The van der Waals surface area contributed by atoms with E-state index in [1.807, 2.05) is 0 Å². The first-order valence-electron chi connectivity index (χ1n) is 4.32. The predicted molar refractivity (Wildman–Crippen MR) is 51.5 cm³/mol. The van der Waals surface area contributed by atoms with Crippen LogP contribution in [0.4, 0.5) is 0 Å². The molecule has 0 aliphatic rings. The number of aliphatic hydroxyl groups is 1. The molecule has 1 aromatic heterocycles. The molecule has 14 heavy (non-hydrogen) atoms. The van der Waals surface area contributed by atoms with E-state index in [-0.39, 0.29) is 19.1 Å². The van der Waals surface area contributed by atoms with E-state index in [1.165, 1.54) is 0 Å². The van der Waals surface area contributed by atoms with Crippen LogP contribution in [0, 0.1) is 0 Å². The highest BCUT2D eigenvalue weighted by Crippen LogP contribution is 1.98. The van der Waals surface area contributed by atoms with E-state index in [0.717, 1.165) is 5.56 Å². The summed E-state index contributed by atoms with van der Waals surface area (Å²) in [6, 6.07) is 3.36. The smallest absolute Gasteiger partial charge is 0.269 e. The van der Waals surface area contributed by atoms with Crippen LogP contribution in [0.5, 0.6) is 0 Å². The normalized spacial score (nSPS) is 9.86. The van der Waals surface area contributed by atoms with Crippen LogP contribution in [-0.4, -0.2) is 29.1 Å². The molecule has 1 aromatic rings. The second-order valence-corrected chi connectivity index (χ2v) is 2.74. The van der Waals surface area contributed by atoms with Gasteiger partial charge in [-0.05, 0) is 11.6 Å². The minimum atomic E-state index is -0.289. The van der Waals surface area contributed by atoms with Crippen molar-refractivity contribution < 1.29 is 9.90 Å². The van der Waals surface area contributed by atoms with Crippen LogP contribution >= 0.6 is 0 Å². The van der Waals surface area contributed by atoms with Gasteiger partial charge in [0.15, 0.2) is 0 Å². The molecule has 0 fully saturated rings. The van der Waals surface area contributed by atoms with Gasteiger partial charge in [-0.3, -0.25) is 9.78 Å². The number of rotatable bonds is 4. The van der Waals surface area contributed by atoms with Crippen LogP contribution in [-0.2, 0) is 6.54 Å². The Morgan fingerprint density at radius 3 is 2.86 bits per heavy atom. The van der Waals surface area contributed by atoms with E-state index in [0.29, 0.717) is 12.2 Å². The van der Waals surface area contributed by atoms with Crippen molar-refractivity contribution in [1.82, 2.24) is 10.3 Å². The lowest BCUT2D eigenvalue weighted by Crippen LogP contribution is -2.27. The Balaban J connectivity index is 2.62. The zero-order valence-corrected chi connectivity index (χ0v) is 7.73. The first-order chi connectivity index (χ1) is 6.77. The third-order valence-corrected chi connectivity index (χ3v) is 1.69. The minimum Gasteiger partial charge on any atom is -0.395 e. The van der Waals surface area contributed by atoms with Crippen molar-refractivity contribution in [2.45, 2.75) is 6.54 Å². The van der Waals surface area contributed by atoms with E-state index in [2.05, 4.69) is 10.3 Å². The SMILES string of the molecule is NCc1ccc(C(=O)NCCO)nc1. The van der Waals surface area contributed by atoms with Gasteiger partial charge in [-0.15, -0.1) is 0 Å². The standard InChI is InChI=1S/C9H13N3O2/c10-5-7-1-2-8(12-6-7)9(14)11-3-4-13/h1-2,6,13H,3-5,10H2,(H,11,14). The molecule has 0 radical (unpaired) electrons. The van der Waals surface area contributed by atoms with Gasteiger partial charge in [0.2, 0.25) is 0 Å². The van der Waals surface area contributed by atoms with Gasteiger partial charge >= 0.3 is 0 Å². The number of amides is 1. The monoisotopic (exact) mass is 195 g/mol. The molecule has 76 valence electrons. The number of hydrogen-bond donors (Lipinski definition) is 3. The van der Waals surface area contributed by atoms with Gasteiger partial charge < -0.3 is 16.2 Å². The van der Waals surface area contributed by atoms with Crippen LogP contribution in [0.25, 0.3) is 0 Å². The predicted octanol–water partition coefficient (Wildman–Crippen LogP) is -0.738. The van der Waals surface area contributed by atoms with Crippen LogP contribution in [0.3, 0.4) is 0 Å². The molecule has 0 aliphatic heterocycles. The Bertz CT molecular complexity index is 297. The highest BCUT2D eigenvalue weighted by atomic mass is 16.3. The van der Waals surface area contributed by atoms with Crippen molar-refractivity contribution in [3.63, 3.8) is 0 Å². The highest BCUT2D eigenvalue weighted by Gasteiger charge is 2.04. The number of carbonyl (C=O) groups is 1. The first-order valence-corrected chi connectivity index (χ1v) is 4.32. The average Bonchev–Trinajstić information content (AvgIpc) is 2.26. The van der Waals surface area contributed by atoms with Crippen molar-refractivity contribution in [2.24, 2.45) is 5.73 Å². The lowest BCUT2D eigenvalue weighted by Gasteiger charge is -2.02. The summed E-state index contributed by atoms with van der Waals surface area (Å²) in [5.74, 6) is -0.289. The quantitative estimate of drug-likeness (QED) is 0.590. The molecule has 0 saturated heterocycles. The number of nitrogens with zero attached hydrogens (tertiary/aromatic N) is 1. The molecule has 0 aromatic carbocycles. The maximum absolute atomic E-state index is 11.3. The lowest BCUT2D eigenvalue weighted by atomic mass is 10.2. The number of pyridine rings is 1. The molecule has 0 spiro atoms. The fourth-order valence-corrected chi connectivity index (χ4v) is 0.940. The maximum Gasteiger partial charge on any atom is 0.269 e. The maximum atomic E-state index is 11.3. The van der Waals surface area contributed by atoms with Crippen molar-refractivity contribution in [1.29, 1.82) is 0 Å².